The van der Waals surface area contributed by atoms with E-state index in [4.69, 9.17) is 26.8 Å². The average molecular weight is 363 g/mol. The minimum Gasteiger partial charge on any atom is -0.489 e. The number of hydrogen-bond acceptors (Lipinski definition) is 7. The molecule has 0 bridgehead atoms. The number of nitrogens with zero attached hydrogens (tertiary/aromatic N) is 4. The van der Waals surface area contributed by atoms with Crippen LogP contribution in [0.4, 0.5) is 11.5 Å². The van der Waals surface area contributed by atoms with Crippen LogP contribution in [0.25, 0.3) is 5.65 Å². The van der Waals surface area contributed by atoms with Crippen molar-refractivity contribution in [3.05, 3.63) is 41.4 Å². The van der Waals surface area contributed by atoms with Crippen LogP contribution >= 0.6 is 11.6 Å². The number of ether oxygens (including phenoxy) is 2. The monoisotopic (exact) mass is 362 g/mol. The molecule has 3 aromatic heterocycles. The molecule has 9 nitrogen and oxygen atoms in total. The molecular formula is C15H15ClN6O3. The van der Waals surface area contributed by atoms with Gasteiger partial charge in [-0.05, 0) is 0 Å². The van der Waals surface area contributed by atoms with Gasteiger partial charge in [-0.25, -0.2) is 9.50 Å². The van der Waals surface area contributed by atoms with Crippen LogP contribution in [0.1, 0.15) is 10.4 Å². The molecule has 0 fully saturated rings. The zero-order valence-corrected chi connectivity index (χ0v) is 14.0. The van der Waals surface area contributed by atoms with E-state index >= 15 is 0 Å². The summed E-state index contributed by atoms with van der Waals surface area (Å²) in [7, 11) is 1.58. The third kappa shape index (κ3) is 3.62. The van der Waals surface area contributed by atoms with Crippen molar-refractivity contribution < 1.29 is 14.3 Å². The van der Waals surface area contributed by atoms with Crippen LogP contribution in [0.15, 0.2) is 30.9 Å². The third-order valence-corrected chi connectivity index (χ3v) is 3.46. The normalized spacial score (nSPS) is 10.8. The Balaban J connectivity index is 1.87. The number of nitrogens with two attached hydrogens (primary N) is 1. The van der Waals surface area contributed by atoms with Crippen molar-refractivity contribution >= 4 is 34.7 Å². The number of carbonyl (C=O) groups is 1. The maximum atomic E-state index is 12.7. The van der Waals surface area contributed by atoms with Crippen molar-refractivity contribution in [2.75, 3.05) is 31.4 Å². The molecule has 3 N–H and O–H groups in total. The first-order valence-corrected chi connectivity index (χ1v) is 7.64. The highest BCUT2D eigenvalue weighted by Crippen LogP contribution is 2.25. The third-order valence-electron chi connectivity index (χ3n) is 3.27. The standard InChI is InChI=1S/C15H15ClN6O3/c1-24-4-5-25-11-2-3-18-7-10(11)20-15(23)12-13(17)21-22-8-9(16)6-19-14(12)22/h2-3,6-8H,4-5H2,1H3,(H2,17,21)(H,20,23). The van der Waals surface area contributed by atoms with Gasteiger partial charge in [-0.3, -0.25) is 9.78 Å². The summed E-state index contributed by atoms with van der Waals surface area (Å²) >= 11 is 5.87. The maximum absolute atomic E-state index is 12.7. The van der Waals surface area contributed by atoms with Gasteiger partial charge in [0.25, 0.3) is 5.91 Å². The van der Waals surface area contributed by atoms with Crippen LogP contribution in [0.3, 0.4) is 0 Å². The van der Waals surface area contributed by atoms with E-state index in [1.165, 1.54) is 23.1 Å². The van der Waals surface area contributed by atoms with Crippen molar-refractivity contribution in [2.45, 2.75) is 0 Å². The summed E-state index contributed by atoms with van der Waals surface area (Å²) in [6.07, 6.45) is 5.97. The molecule has 0 radical (unpaired) electrons. The Morgan fingerprint density at radius 1 is 1.40 bits per heavy atom. The summed E-state index contributed by atoms with van der Waals surface area (Å²) in [5.74, 6) is 0.0244. The van der Waals surface area contributed by atoms with Gasteiger partial charge in [-0.1, -0.05) is 11.6 Å². The quantitative estimate of drug-likeness (QED) is 0.640. The van der Waals surface area contributed by atoms with Gasteiger partial charge in [0.1, 0.15) is 23.6 Å². The van der Waals surface area contributed by atoms with Crippen molar-refractivity contribution in [3.63, 3.8) is 0 Å². The Morgan fingerprint density at radius 3 is 3.04 bits per heavy atom. The second-order valence-electron chi connectivity index (χ2n) is 4.97. The number of methoxy groups -OCH3 is 1. The molecule has 0 saturated heterocycles. The van der Waals surface area contributed by atoms with E-state index in [1.807, 2.05) is 0 Å². The van der Waals surface area contributed by atoms with Crippen molar-refractivity contribution in [1.29, 1.82) is 0 Å². The van der Waals surface area contributed by atoms with E-state index < -0.39 is 5.91 Å². The van der Waals surface area contributed by atoms with Crippen LogP contribution in [0.2, 0.25) is 5.02 Å². The molecule has 0 aromatic carbocycles. The summed E-state index contributed by atoms with van der Waals surface area (Å²) in [5.41, 5.74) is 6.69. The lowest BCUT2D eigenvalue weighted by molar-refractivity contribution is 0.102. The van der Waals surface area contributed by atoms with E-state index in [1.54, 1.807) is 19.4 Å². The lowest BCUT2D eigenvalue weighted by Crippen LogP contribution is -2.15. The van der Waals surface area contributed by atoms with E-state index in [9.17, 15) is 4.79 Å². The molecular weight excluding hydrogens is 348 g/mol. The minimum atomic E-state index is -0.480. The number of fused-ring (bicyclic) bond motifs is 1. The number of nitrogen functional groups attached to an aromatic ring is 1. The molecule has 0 saturated carbocycles. The second kappa shape index (κ2) is 7.32. The molecule has 0 aliphatic heterocycles. The van der Waals surface area contributed by atoms with E-state index in [-0.39, 0.29) is 11.4 Å². The lowest BCUT2D eigenvalue weighted by atomic mass is 10.2. The highest BCUT2D eigenvalue weighted by atomic mass is 35.5. The van der Waals surface area contributed by atoms with Gasteiger partial charge in [-0.15, -0.1) is 5.10 Å². The fourth-order valence-electron chi connectivity index (χ4n) is 2.17. The number of anilines is 2. The van der Waals surface area contributed by atoms with Crippen LogP contribution in [-0.2, 0) is 4.74 Å². The van der Waals surface area contributed by atoms with E-state index in [2.05, 4.69) is 20.4 Å². The molecule has 130 valence electrons. The summed E-state index contributed by atoms with van der Waals surface area (Å²) < 4.78 is 11.9. The number of aromatic nitrogens is 4. The van der Waals surface area contributed by atoms with Gasteiger partial charge >= 0.3 is 0 Å². The topological polar surface area (TPSA) is 117 Å². The first-order valence-electron chi connectivity index (χ1n) is 7.26. The van der Waals surface area contributed by atoms with Crippen LogP contribution in [-0.4, -0.2) is 45.8 Å². The Kier molecular flexibility index (Phi) is 4.96. The first kappa shape index (κ1) is 16.9. The van der Waals surface area contributed by atoms with Crippen molar-refractivity contribution in [3.8, 4) is 5.75 Å². The predicted molar refractivity (Wildman–Crippen MR) is 92.0 cm³/mol. The van der Waals surface area contributed by atoms with Gasteiger partial charge in [-0.2, -0.15) is 0 Å². The smallest absolute Gasteiger partial charge is 0.263 e. The highest BCUT2D eigenvalue weighted by Gasteiger charge is 2.20. The number of rotatable bonds is 6. The Morgan fingerprint density at radius 2 is 2.24 bits per heavy atom. The Bertz CT molecular complexity index is 913. The molecule has 0 aliphatic rings. The Hall–Kier alpha value is -2.91. The van der Waals surface area contributed by atoms with E-state index in [0.29, 0.717) is 35.3 Å². The number of halogens is 1. The molecule has 0 atom stereocenters. The highest BCUT2D eigenvalue weighted by molar-refractivity contribution is 6.30. The molecule has 3 rings (SSSR count). The molecule has 1 amide bonds. The zero-order valence-electron chi connectivity index (χ0n) is 13.3. The molecule has 0 aliphatic carbocycles. The minimum absolute atomic E-state index is 0.0398. The fourth-order valence-corrected chi connectivity index (χ4v) is 2.31. The van der Waals surface area contributed by atoms with Gasteiger partial charge < -0.3 is 20.5 Å². The molecule has 0 unspecified atom stereocenters. The summed E-state index contributed by atoms with van der Waals surface area (Å²) in [4.78, 5) is 20.8. The lowest BCUT2D eigenvalue weighted by Gasteiger charge is -2.11. The average Bonchev–Trinajstić information content (AvgIpc) is 2.91. The second-order valence-corrected chi connectivity index (χ2v) is 5.40. The molecule has 10 heteroatoms. The van der Waals surface area contributed by atoms with Crippen LogP contribution in [0.5, 0.6) is 5.75 Å². The van der Waals surface area contributed by atoms with E-state index in [0.717, 1.165) is 0 Å². The van der Waals surface area contributed by atoms with Gasteiger partial charge in [0.15, 0.2) is 11.5 Å². The summed E-state index contributed by atoms with van der Waals surface area (Å²) in [6.45, 7) is 0.754. The van der Waals surface area contributed by atoms with Crippen molar-refractivity contribution in [1.82, 2.24) is 19.6 Å². The number of hydrogen-bond donors (Lipinski definition) is 2. The maximum Gasteiger partial charge on any atom is 0.263 e. The summed E-state index contributed by atoms with van der Waals surface area (Å²) in [6, 6.07) is 1.64. The summed E-state index contributed by atoms with van der Waals surface area (Å²) in [5, 5.41) is 7.13. The number of carbonyl (C=O) groups excluding carboxylic acids is 1. The predicted octanol–water partition coefficient (Wildman–Crippen LogP) is 1.64. The SMILES string of the molecule is COCCOc1ccncc1NC(=O)c1c(N)nn2cc(Cl)cnc12. The number of amides is 1. The number of nitrogens with one attached hydrogen (secondary N) is 1. The molecule has 0 spiro atoms. The fraction of sp³-hybridized carbons (Fsp3) is 0.200. The number of pyridine rings is 1. The molecule has 3 heterocycles. The van der Waals surface area contributed by atoms with Crippen LogP contribution < -0.4 is 15.8 Å². The first-order chi connectivity index (χ1) is 12.1. The van der Waals surface area contributed by atoms with Gasteiger partial charge in [0, 0.05) is 25.6 Å². The Labute approximate surface area is 147 Å². The largest absolute Gasteiger partial charge is 0.489 e. The molecule has 3 aromatic rings. The van der Waals surface area contributed by atoms with Gasteiger partial charge in [0.2, 0.25) is 0 Å². The molecule has 25 heavy (non-hydrogen) atoms. The van der Waals surface area contributed by atoms with Crippen LogP contribution in [0, 0.1) is 0 Å². The van der Waals surface area contributed by atoms with Gasteiger partial charge in [0.05, 0.1) is 24.0 Å². The van der Waals surface area contributed by atoms with Crippen molar-refractivity contribution in [2.24, 2.45) is 0 Å². The zero-order chi connectivity index (χ0) is 17.8.